The first kappa shape index (κ1) is 18.8. The Morgan fingerprint density at radius 2 is 1.96 bits per heavy atom. The van der Waals surface area contributed by atoms with Crippen molar-refractivity contribution in [2.75, 3.05) is 18.0 Å². The number of rotatable bonds is 4. The van der Waals surface area contributed by atoms with E-state index in [0.29, 0.717) is 36.7 Å². The third-order valence-electron chi connectivity index (χ3n) is 3.99. The summed E-state index contributed by atoms with van der Waals surface area (Å²) < 4.78 is 28.3. The number of hydrogen-bond acceptors (Lipinski definition) is 6. The highest BCUT2D eigenvalue weighted by Gasteiger charge is 2.26. The molecule has 3 rings (SSSR count). The van der Waals surface area contributed by atoms with Gasteiger partial charge in [-0.3, -0.25) is 0 Å². The summed E-state index contributed by atoms with van der Waals surface area (Å²) in [5, 5.41) is 9.73. The van der Waals surface area contributed by atoms with E-state index in [0.717, 1.165) is 0 Å². The molecule has 0 bridgehead atoms. The monoisotopic (exact) mass is 376 g/mol. The third-order valence-corrected chi connectivity index (χ3v) is 5.80. The fourth-order valence-electron chi connectivity index (χ4n) is 2.95. The first-order valence-electron chi connectivity index (χ1n) is 8.55. The summed E-state index contributed by atoms with van der Waals surface area (Å²) in [5.41, 5.74) is -0.147. The minimum atomic E-state index is -3.72. The molecule has 2 heterocycles. The molecule has 1 saturated heterocycles. The van der Waals surface area contributed by atoms with Gasteiger partial charge in [-0.25, -0.2) is 23.1 Å². The van der Waals surface area contributed by atoms with E-state index in [4.69, 9.17) is 0 Å². The molecule has 1 aliphatic rings. The van der Waals surface area contributed by atoms with E-state index in [9.17, 15) is 13.5 Å². The van der Waals surface area contributed by atoms with Gasteiger partial charge < -0.3 is 10.0 Å². The predicted octanol–water partition coefficient (Wildman–Crippen LogP) is 1.79. The maximum Gasteiger partial charge on any atom is 0.241 e. The SMILES string of the molecule is CC(C)(C)NS(=O)(=O)c1ccccc1-c1nccc(N2CCC(O)C2)n1. The zero-order valence-electron chi connectivity index (χ0n) is 15.2. The number of anilines is 1. The molecule has 1 fully saturated rings. The Bertz CT molecular complexity index is 893. The Labute approximate surface area is 154 Å². The molecule has 2 aromatic rings. The van der Waals surface area contributed by atoms with Gasteiger partial charge in [0.15, 0.2) is 5.82 Å². The second-order valence-electron chi connectivity index (χ2n) is 7.48. The van der Waals surface area contributed by atoms with Crippen molar-refractivity contribution in [2.45, 2.75) is 43.7 Å². The first-order valence-corrected chi connectivity index (χ1v) is 10.0. The van der Waals surface area contributed by atoms with E-state index >= 15 is 0 Å². The smallest absolute Gasteiger partial charge is 0.241 e. The fraction of sp³-hybridized carbons (Fsp3) is 0.444. The van der Waals surface area contributed by atoms with Crippen molar-refractivity contribution >= 4 is 15.8 Å². The Morgan fingerprint density at radius 3 is 2.62 bits per heavy atom. The van der Waals surface area contributed by atoms with Gasteiger partial charge >= 0.3 is 0 Å². The maximum absolute atomic E-state index is 12.8. The molecule has 0 radical (unpaired) electrons. The van der Waals surface area contributed by atoms with Crippen LogP contribution in [0, 0.1) is 0 Å². The summed E-state index contributed by atoms with van der Waals surface area (Å²) in [6.45, 7) is 6.61. The summed E-state index contributed by atoms with van der Waals surface area (Å²) in [5.74, 6) is 1.03. The number of nitrogens with zero attached hydrogens (tertiary/aromatic N) is 3. The number of benzene rings is 1. The van der Waals surface area contributed by atoms with Crippen molar-refractivity contribution in [1.82, 2.24) is 14.7 Å². The van der Waals surface area contributed by atoms with Crippen molar-refractivity contribution in [3.63, 3.8) is 0 Å². The molecule has 1 atom stereocenters. The molecule has 1 aromatic carbocycles. The molecule has 0 spiro atoms. The molecule has 1 aromatic heterocycles. The molecule has 26 heavy (non-hydrogen) atoms. The van der Waals surface area contributed by atoms with Gasteiger partial charge in [-0.15, -0.1) is 0 Å². The van der Waals surface area contributed by atoms with E-state index < -0.39 is 15.6 Å². The van der Waals surface area contributed by atoms with Crippen LogP contribution in [0.15, 0.2) is 41.4 Å². The molecule has 0 aliphatic carbocycles. The highest BCUT2D eigenvalue weighted by atomic mass is 32.2. The van der Waals surface area contributed by atoms with Crippen LogP contribution in [0.3, 0.4) is 0 Å². The van der Waals surface area contributed by atoms with Crippen LogP contribution in [0.1, 0.15) is 27.2 Å². The molecule has 0 saturated carbocycles. The Hall–Kier alpha value is -2.03. The van der Waals surface area contributed by atoms with Crippen molar-refractivity contribution in [2.24, 2.45) is 0 Å². The average Bonchev–Trinajstić information content (AvgIpc) is 2.99. The standard InChI is InChI=1S/C18H24N4O3S/c1-18(2,3)21-26(24,25)15-7-5-4-6-14(15)17-19-10-8-16(20-17)22-11-9-13(23)12-22/h4-8,10,13,21,23H,9,11-12H2,1-3H3. The number of hydrogen-bond donors (Lipinski definition) is 2. The highest BCUT2D eigenvalue weighted by Crippen LogP contribution is 2.27. The van der Waals surface area contributed by atoms with Gasteiger partial charge in [-0.2, -0.15) is 0 Å². The van der Waals surface area contributed by atoms with Crippen LogP contribution in [-0.2, 0) is 10.0 Å². The van der Waals surface area contributed by atoms with Crippen LogP contribution in [0.25, 0.3) is 11.4 Å². The summed E-state index contributed by atoms with van der Waals surface area (Å²) in [6.07, 6.45) is 1.94. The fourth-order valence-corrected chi connectivity index (χ4v) is 4.57. The zero-order chi connectivity index (χ0) is 18.9. The average molecular weight is 376 g/mol. The Balaban J connectivity index is 2.01. The quantitative estimate of drug-likeness (QED) is 0.845. The molecule has 8 heteroatoms. The minimum absolute atomic E-state index is 0.147. The van der Waals surface area contributed by atoms with Crippen LogP contribution in [-0.4, -0.2) is 48.2 Å². The molecule has 140 valence electrons. The number of aliphatic hydroxyl groups excluding tert-OH is 1. The molecular formula is C18H24N4O3S. The van der Waals surface area contributed by atoms with Crippen molar-refractivity contribution < 1.29 is 13.5 Å². The van der Waals surface area contributed by atoms with Gasteiger partial charge in [0.05, 0.1) is 11.0 Å². The highest BCUT2D eigenvalue weighted by molar-refractivity contribution is 7.89. The van der Waals surface area contributed by atoms with E-state index in [-0.39, 0.29) is 11.0 Å². The number of sulfonamides is 1. The minimum Gasteiger partial charge on any atom is -0.391 e. The van der Waals surface area contributed by atoms with Crippen molar-refractivity contribution in [3.8, 4) is 11.4 Å². The molecule has 1 aliphatic heterocycles. The van der Waals surface area contributed by atoms with Crippen LogP contribution in [0.5, 0.6) is 0 Å². The Kier molecular flexibility index (Phi) is 5.01. The number of aromatic nitrogens is 2. The zero-order valence-corrected chi connectivity index (χ0v) is 16.0. The molecule has 0 amide bonds. The van der Waals surface area contributed by atoms with Crippen molar-refractivity contribution in [1.29, 1.82) is 0 Å². The Morgan fingerprint density at radius 1 is 1.23 bits per heavy atom. The second kappa shape index (κ2) is 6.94. The third kappa shape index (κ3) is 4.20. The van der Waals surface area contributed by atoms with E-state index in [1.54, 1.807) is 57.3 Å². The van der Waals surface area contributed by atoms with Crippen LogP contribution < -0.4 is 9.62 Å². The van der Waals surface area contributed by atoms with Crippen LogP contribution in [0.2, 0.25) is 0 Å². The van der Waals surface area contributed by atoms with Crippen LogP contribution >= 0.6 is 0 Å². The largest absolute Gasteiger partial charge is 0.391 e. The lowest BCUT2D eigenvalue weighted by Gasteiger charge is -2.21. The molecule has 1 unspecified atom stereocenters. The number of nitrogens with one attached hydrogen (secondary N) is 1. The van der Waals surface area contributed by atoms with Crippen molar-refractivity contribution in [3.05, 3.63) is 36.5 Å². The molecular weight excluding hydrogens is 352 g/mol. The summed E-state index contributed by atoms with van der Waals surface area (Å²) in [4.78, 5) is 10.9. The van der Waals surface area contributed by atoms with Gasteiger partial charge in [0, 0.05) is 30.4 Å². The summed E-state index contributed by atoms with van der Waals surface area (Å²) >= 11 is 0. The molecule has 2 N–H and O–H groups in total. The van der Waals surface area contributed by atoms with Gasteiger partial charge in [0.25, 0.3) is 0 Å². The topological polar surface area (TPSA) is 95.4 Å². The van der Waals surface area contributed by atoms with E-state index in [2.05, 4.69) is 14.7 Å². The lowest BCUT2D eigenvalue weighted by molar-refractivity contribution is 0.198. The maximum atomic E-state index is 12.8. The molecule has 7 nitrogen and oxygen atoms in total. The van der Waals surface area contributed by atoms with Crippen LogP contribution in [0.4, 0.5) is 5.82 Å². The predicted molar refractivity (Wildman–Crippen MR) is 100 cm³/mol. The van der Waals surface area contributed by atoms with Gasteiger partial charge in [-0.05, 0) is 45.4 Å². The van der Waals surface area contributed by atoms with E-state index in [1.165, 1.54) is 0 Å². The van der Waals surface area contributed by atoms with Gasteiger partial charge in [0.2, 0.25) is 10.0 Å². The number of β-amino-alcohol motifs (C(OH)–C–C–N with tert-alkyl or cyclic N) is 1. The van der Waals surface area contributed by atoms with E-state index in [1.807, 2.05) is 4.90 Å². The summed E-state index contributed by atoms with van der Waals surface area (Å²) in [7, 11) is -3.72. The normalized spacial score (nSPS) is 18.3. The second-order valence-corrected chi connectivity index (χ2v) is 9.13. The number of aliphatic hydroxyl groups is 1. The van der Waals surface area contributed by atoms with Gasteiger partial charge in [-0.1, -0.05) is 12.1 Å². The van der Waals surface area contributed by atoms with Gasteiger partial charge in [0.1, 0.15) is 5.82 Å². The summed E-state index contributed by atoms with van der Waals surface area (Å²) in [6, 6.07) is 8.47. The lowest BCUT2D eigenvalue weighted by atomic mass is 10.1. The first-order chi connectivity index (χ1) is 12.2. The lowest BCUT2D eigenvalue weighted by Crippen LogP contribution is -2.40.